The Hall–Kier alpha value is -1.80. The zero-order valence-electron chi connectivity index (χ0n) is 18.3. The molecular formula is C22H34N2O5S. The summed E-state index contributed by atoms with van der Waals surface area (Å²) in [4.78, 5) is 15.3. The van der Waals surface area contributed by atoms with Crippen LogP contribution in [-0.2, 0) is 21.4 Å². The van der Waals surface area contributed by atoms with Gasteiger partial charge in [-0.1, -0.05) is 13.3 Å². The van der Waals surface area contributed by atoms with Crippen molar-refractivity contribution in [2.45, 2.75) is 58.0 Å². The average molecular weight is 439 g/mol. The molecule has 1 aromatic carbocycles. The summed E-state index contributed by atoms with van der Waals surface area (Å²) in [6.07, 6.45) is 4.74. The highest BCUT2D eigenvalue weighted by Crippen LogP contribution is 2.34. The number of rotatable bonds is 10. The van der Waals surface area contributed by atoms with Gasteiger partial charge in [0.15, 0.2) is 0 Å². The van der Waals surface area contributed by atoms with Crippen molar-refractivity contribution >= 4 is 15.9 Å². The van der Waals surface area contributed by atoms with E-state index in [0.29, 0.717) is 38.9 Å². The first-order valence-electron chi connectivity index (χ1n) is 10.9. The van der Waals surface area contributed by atoms with E-state index in [1.807, 2.05) is 30.0 Å². The third kappa shape index (κ3) is 5.46. The normalized spacial score (nSPS) is 18.2. The van der Waals surface area contributed by atoms with Gasteiger partial charge in [0.1, 0.15) is 11.5 Å². The Bertz CT molecular complexity index is 830. The van der Waals surface area contributed by atoms with E-state index in [1.165, 1.54) is 0 Å². The summed E-state index contributed by atoms with van der Waals surface area (Å²) < 4.78 is 37.3. The van der Waals surface area contributed by atoms with Crippen molar-refractivity contribution in [3.8, 4) is 11.5 Å². The fourth-order valence-corrected chi connectivity index (χ4v) is 5.71. The Kier molecular flexibility index (Phi) is 7.63. The van der Waals surface area contributed by atoms with Crippen LogP contribution < -0.4 is 9.47 Å². The van der Waals surface area contributed by atoms with Gasteiger partial charge in [-0.25, -0.2) is 12.7 Å². The van der Waals surface area contributed by atoms with E-state index in [0.717, 1.165) is 36.3 Å². The number of carbonyl (C=O) groups excluding carboxylic acids is 1. The van der Waals surface area contributed by atoms with Crippen LogP contribution in [0.25, 0.3) is 0 Å². The van der Waals surface area contributed by atoms with E-state index >= 15 is 0 Å². The lowest BCUT2D eigenvalue weighted by Gasteiger charge is -2.34. The van der Waals surface area contributed by atoms with Gasteiger partial charge < -0.3 is 14.4 Å². The number of hydrogen-bond acceptors (Lipinski definition) is 5. The van der Waals surface area contributed by atoms with Gasteiger partial charge >= 0.3 is 0 Å². The topological polar surface area (TPSA) is 76.2 Å². The monoisotopic (exact) mass is 438 g/mol. The van der Waals surface area contributed by atoms with Crippen LogP contribution in [-0.4, -0.2) is 62.6 Å². The Morgan fingerprint density at radius 1 is 1.13 bits per heavy atom. The lowest BCUT2D eigenvalue weighted by molar-refractivity contribution is -0.138. The van der Waals surface area contributed by atoms with Crippen molar-refractivity contribution in [3.05, 3.63) is 23.8 Å². The number of sulfonamides is 1. The number of nitrogens with zero attached hydrogens (tertiary/aromatic N) is 2. The third-order valence-electron chi connectivity index (χ3n) is 6.05. The highest BCUT2D eigenvalue weighted by Gasteiger charge is 2.38. The smallest absolute Gasteiger partial charge is 0.226 e. The largest absolute Gasteiger partial charge is 0.497 e. The number of methoxy groups -OCH3 is 2. The SMILES string of the molecule is CCCCS(=O)(=O)N1CCC(C(=O)N(Cc2cc(OC)ccc2OC)C2CC2)CC1. The van der Waals surface area contributed by atoms with Crippen LogP contribution in [0.5, 0.6) is 11.5 Å². The van der Waals surface area contributed by atoms with Crippen LogP contribution in [0.3, 0.4) is 0 Å². The summed E-state index contributed by atoms with van der Waals surface area (Å²) in [7, 11) is 0.0449. The summed E-state index contributed by atoms with van der Waals surface area (Å²) in [5.41, 5.74) is 0.927. The molecule has 8 heteroatoms. The van der Waals surface area contributed by atoms with Gasteiger partial charge in [0.2, 0.25) is 15.9 Å². The third-order valence-corrected chi connectivity index (χ3v) is 8.01. The molecule has 1 aromatic rings. The Morgan fingerprint density at radius 2 is 1.83 bits per heavy atom. The van der Waals surface area contributed by atoms with Gasteiger partial charge in [0.05, 0.1) is 20.0 Å². The Labute approximate surface area is 180 Å². The molecule has 1 saturated carbocycles. The average Bonchev–Trinajstić information content (AvgIpc) is 3.60. The van der Waals surface area contributed by atoms with Crippen LogP contribution in [0.4, 0.5) is 0 Å². The van der Waals surface area contributed by atoms with Crippen molar-refractivity contribution in [1.82, 2.24) is 9.21 Å². The second-order valence-electron chi connectivity index (χ2n) is 8.22. The fourth-order valence-electron chi connectivity index (χ4n) is 4.03. The predicted molar refractivity (Wildman–Crippen MR) is 116 cm³/mol. The molecule has 0 spiro atoms. The quantitative estimate of drug-likeness (QED) is 0.561. The zero-order chi connectivity index (χ0) is 21.7. The van der Waals surface area contributed by atoms with Crippen LogP contribution >= 0.6 is 0 Å². The van der Waals surface area contributed by atoms with Crippen LogP contribution in [0.2, 0.25) is 0 Å². The minimum absolute atomic E-state index is 0.125. The van der Waals surface area contributed by atoms with Crippen molar-refractivity contribution < 1.29 is 22.7 Å². The molecular weight excluding hydrogens is 404 g/mol. The van der Waals surface area contributed by atoms with Gasteiger partial charge in [0, 0.05) is 37.2 Å². The first-order chi connectivity index (χ1) is 14.4. The van der Waals surface area contributed by atoms with Gasteiger partial charge in [-0.2, -0.15) is 0 Å². The van der Waals surface area contributed by atoms with Gasteiger partial charge in [-0.05, 0) is 50.3 Å². The summed E-state index contributed by atoms with van der Waals surface area (Å²) in [5.74, 6) is 1.69. The maximum atomic E-state index is 13.4. The van der Waals surface area contributed by atoms with Crippen LogP contribution in [0, 0.1) is 5.92 Å². The number of piperidine rings is 1. The van der Waals surface area contributed by atoms with E-state index in [-0.39, 0.29) is 23.6 Å². The molecule has 1 heterocycles. The molecule has 0 radical (unpaired) electrons. The van der Waals surface area contributed by atoms with Crippen molar-refractivity contribution in [2.24, 2.45) is 5.92 Å². The summed E-state index contributed by atoms with van der Waals surface area (Å²) >= 11 is 0. The molecule has 1 aliphatic heterocycles. The molecule has 0 aromatic heterocycles. The highest BCUT2D eigenvalue weighted by molar-refractivity contribution is 7.89. The first-order valence-corrected chi connectivity index (χ1v) is 12.5. The molecule has 1 amide bonds. The minimum Gasteiger partial charge on any atom is -0.497 e. The van der Waals surface area contributed by atoms with E-state index < -0.39 is 10.0 Å². The second-order valence-corrected chi connectivity index (χ2v) is 10.3. The highest BCUT2D eigenvalue weighted by atomic mass is 32.2. The van der Waals surface area contributed by atoms with E-state index in [2.05, 4.69) is 0 Å². The van der Waals surface area contributed by atoms with Crippen molar-refractivity contribution in [1.29, 1.82) is 0 Å². The van der Waals surface area contributed by atoms with Crippen molar-refractivity contribution in [3.63, 3.8) is 0 Å². The number of hydrogen-bond donors (Lipinski definition) is 0. The molecule has 7 nitrogen and oxygen atoms in total. The first kappa shape index (κ1) is 22.9. The van der Waals surface area contributed by atoms with E-state index in [4.69, 9.17) is 9.47 Å². The fraction of sp³-hybridized carbons (Fsp3) is 0.682. The number of amides is 1. The van der Waals surface area contributed by atoms with Crippen LogP contribution in [0.15, 0.2) is 18.2 Å². The zero-order valence-corrected chi connectivity index (χ0v) is 19.1. The molecule has 168 valence electrons. The number of unbranched alkanes of at least 4 members (excludes halogenated alkanes) is 1. The van der Waals surface area contributed by atoms with Crippen LogP contribution in [0.1, 0.15) is 51.0 Å². The number of ether oxygens (including phenoxy) is 2. The second kappa shape index (κ2) is 10.0. The Balaban J connectivity index is 1.66. The Morgan fingerprint density at radius 3 is 2.40 bits per heavy atom. The molecule has 1 aliphatic carbocycles. The predicted octanol–water partition coefficient (Wildman–Crippen LogP) is 3.04. The maximum Gasteiger partial charge on any atom is 0.226 e. The summed E-state index contributed by atoms with van der Waals surface area (Å²) in [6.45, 7) is 3.34. The molecule has 2 aliphatic rings. The summed E-state index contributed by atoms with van der Waals surface area (Å²) in [6, 6.07) is 5.90. The molecule has 0 N–H and O–H groups in total. The molecule has 0 unspecified atom stereocenters. The van der Waals surface area contributed by atoms with E-state index in [9.17, 15) is 13.2 Å². The lowest BCUT2D eigenvalue weighted by Crippen LogP contribution is -2.45. The lowest BCUT2D eigenvalue weighted by atomic mass is 9.96. The number of benzene rings is 1. The molecule has 1 saturated heterocycles. The van der Waals surface area contributed by atoms with Gasteiger partial charge in [0.25, 0.3) is 0 Å². The van der Waals surface area contributed by atoms with Gasteiger partial charge in [-0.15, -0.1) is 0 Å². The summed E-state index contributed by atoms with van der Waals surface area (Å²) in [5, 5.41) is 0. The molecule has 3 rings (SSSR count). The minimum atomic E-state index is -3.21. The molecule has 2 fully saturated rings. The van der Waals surface area contributed by atoms with Crippen molar-refractivity contribution in [2.75, 3.05) is 33.1 Å². The molecule has 0 bridgehead atoms. The number of carbonyl (C=O) groups is 1. The maximum absolute atomic E-state index is 13.4. The molecule has 0 atom stereocenters. The van der Waals surface area contributed by atoms with E-state index in [1.54, 1.807) is 18.5 Å². The molecule has 30 heavy (non-hydrogen) atoms. The van der Waals surface area contributed by atoms with Gasteiger partial charge in [-0.3, -0.25) is 4.79 Å². The standard InChI is InChI=1S/C22H34N2O5S/c1-4-5-14-30(26,27)23-12-10-17(11-13-23)22(25)24(19-6-7-19)16-18-15-20(28-2)8-9-21(18)29-3/h8-9,15,17,19H,4-7,10-14,16H2,1-3H3.